The van der Waals surface area contributed by atoms with Gasteiger partial charge in [-0.25, -0.2) is 4.79 Å². The van der Waals surface area contributed by atoms with Gasteiger partial charge >= 0.3 is 5.97 Å². The molecule has 1 fully saturated rings. The fraction of sp³-hybridized carbons (Fsp3) is 0.385. The standard InChI is InChI=1S/C13H15NO4/c1-8-11(6-7-18-8)12(15)14-10-4-2-9(3-5-10)13(16)17/h2-5,8,11H,6-7H2,1H3,(H,14,15)(H,16,17). The number of hydrogen-bond donors (Lipinski definition) is 2. The second-order valence-corrected chi connectivity index (χ2v) is 4.34. The summed E-state index contributed by atoms with van der Waals surface area (Å²) in [5.41, 5.74) is 0.801. The van der Waals surface area contributed by atoms with E-state index in [9.17, 15) is 9.59 Å². The largest absolute Gasteiger partial charge is 0.478 e. The number of benzene rings is 1. The van der Waals surface area contributed by atoms with Crippen LogP contribution >= 0.6 is 0 Å². The molecule has 0 aliphatic carbocycles. The number of carbonyl (C=O) groups excluding carboxylic acids is 1. The van der Waals surface area contributed by atoms with Crippen molar-refractivity contribution in [2.45, 2.75) is 19.4 Å². The smallest absolute Gasteiger partial charge is 0.335 e. The average molecular weight is 249 g/mol. The Bertz CT molecular complexity index is 455. The Morgan fingerprint density at radius 2 is 2.00 bits per heavy atom. The molecule has 0 aromatic heterocycles. The summed E-state index contributed by atoms with van der Waals surface area (Å²) in [6, 6.07) is 6.10. The van der Waals surface area contributed by atoms with Crippen LogP contribution in [0.1, 0.15) is 23.7 Å². The van der Waals surface area contributed by atoms with Crippen LogP contribution in [0.3, 0.4) is 0 Å². The number of amides is 1. The zero-order chi connectivity index (χ0) is 13.1. The van der Waals surface area contributed by atoms with Gasteiger partial charge in [-0.1, -0.05) is 0 Å². The summed E-state index contributed by atoms with van der Waals surface area (Å²) in [5, 5.41) is 11.5. The van der Waals surface area contributed by atoms with Crippen LogP contribution in [0.2, 0.25) is 0 Å². The van der Waals surface area contributed by atoms with E-state index < -0.39 is 5.97 Å². The first-order valence-electron chi connectivity index (χ1n) is 5.84. The summed E-state index contributed by atoms with van der Waals surface area (Å²) in [5.74, 6) is -1.20. The van der Waals surface area contributed by atoms with E-state index in [-0.39, 0.29) is 23.5 Å². The molecule has 1 aromatic carbocycles. The Kier molecular flexibility index (Phi) is 3.62. The van der Waals surface area contributed by atoms with Gasteiger partial charge in [0.15, 0.2) is 0 Å². The number of anilines is 1. The van der Waals surface area contributed by atoms with Crippen LogP contribution in [-0.4, -0.2) is 29.7 Å². The van der Waals surface area contributed by atoms with E-state index >= 15 is 0 Å². The SMILES string of the molecule is CC1OCCC1C(=O)Nc1ccc(C(=O)O)cc1. The van der Waals surface area contributed by atoms with Crippen molar-refractivity contribution in [3.8, 4) is 0 Å². The number of nitrogens with one attached hydrogen (secondary N) is 1. The van der Waals surface area contributed by atoms with Crippen LogP contribution in [0.15, 0.2) is 24.3 Å². The van der Waals surface area contributed by atoms with E-state index in [4.69, 9.17) is 9.84 Å². The molecule has 2 rings (SSSR count). The molecule has 1 aliphatic heterocycles. The zero-order valence-electron chi connectivity index (χ0n) is 10.1. The topological polar surface area (TPSA) is 75.6 Å². The number of hydrogen-bond acceptors (Lipinski definition) is 3. The minimum absolute atomic E-state index is 0.0664. The molecule has 2 unspecified atom stereocenters. The first kappa shape index (κ1) is 12.6. The quantitative estimate of drug-likeness (QED) is 0.855. The highest BCUT2D eigenvalue weighted by Gasteiger charge is 2.30. The molecule has 1 aromatic rings. The monoisotopic (exact) mass is 249 g/mol. The van der Waals surface area contributed by atoms with Crippen molar-refractivity contribution in [2.75, 3.05) is 11.9 Å². The van der Waals surface area contributed by atoms with E-state index in [0.29, 0.717) is 12.3 Å². The molecule has 1 aliphatic rings. The maximum Gasteiger partial charge on any atom is 0.335 e. The van der Waals surface area contributed by atoms with Gasteiger partial charge in [0.1, 0.15) is 0 Å². The Balaban J connectivity index is 2.00. The third-order valence-electron chi connectivity index (χ3n) is 3.11. The van der Waals surface area contributed by atoms with Crippen molar-refractivity contribution in [3.63, 3.8) is 0 Å². The van der Waals surface area contributed by atoms with Gasteiger partial charge in [0.2, 0.25) is 5.91 Å². The number of carboxylic acids is 1. The van der Waals surface area contributed by atoms with Crippen LogP contribution < -0.4 is 5.32 Å². The lowest BCUT2D eigenvalue weighted by Gasteiger charge is -2.14. The highest BCUT2D eigenvalue weighted by Crippen LogP contribution is 2.22. The zero-order valence-corrected chi connectivity index (χ0v) is 10.1. The fourth-order valence-corrected chi connectivity index (χ4v) is 2.01. The van der Waals surface area contributed by atoms with Crippen molar-refractivity contribution in [1.29, 1.82) is 0 Å². The third-order valence-corrected chi connectivity index (χ3v) is 3.11. The van der Waals surface area contributed by atoms with Crippen molar-refractivity contribution in [2.24, 2.45) is 5.92 Å². The molecule has 0 saturated carbocycles. The highest BCUT2D eigenvalue weighted by atomic mass is 16.5. The molecule has 1 heterocycles. The maximum absolute atomic E-state index is 11.9. The summed E-state index contributed by atoms with van der Waals surface area (Å²) in [6.07, 6.45) is 0.656. The summed E-state index contributed by atoms with van der Waals surface area (Å²) in [7, 11) is 0. The van der Waals surface area contributed by atoms with Crippen LogP contribution in [0.5, 0.6) is 0 Å². The van der Waals surface area contributed by atoms with E-state index in [1.165, 1.54) is 12.1 Å². The summed E-state index contributed by atoms with van der Waals surface area (Å²) >= 11 is 0. The maximum atomic E-state index is 11.9. The van der Waals surface area contributed by atoms with Gasteiger partial charge in [0.05, 0.1) is 17.6 Å². The predicted molar refractivity (Wildman–Crippen MR) is 65.6 cm³/mol. The average Bonchev–Trinajstić information content (AvgIpc) is 2.76. The predicted octanol–water partition coefficient (Wildman–Crippen LogP) is 1.75. The molecule has 1 saturated heterocycles. The normalized spacial score (nSPS) is 22.7. The molecule has 2 N–H and O–H groups in total. The van der Waals surface area contributed by atoms with E-state index in [1.807, 2.05) is 6.92 Å². The Morgan fingerprint density at radius 1 is 1.33 bits per heavy atom. The Hall–Kier alpha value is -1.88. The fourth-order valence-electron chi connectivity index (χ4n) is 2.01. The van der Waals surface area contributed by atoms with Crippen LogP contribution in [-0.2, 0) is 9.53 Å². The van der Waals surface area contributed by atoms with Gasteiger partial charge < -0.3 is 15.2 Å². The van der Waals surface area contributed by atoms with E-state index in [2.05, 4.69) is 5.32 Å². The first-order chi connectivity index (χ1) is 8.58. The summed E-state index contributed by atoms with van der Waals surface area (Å²) < 4.78 is 5.34. The number of rotatable bonds is 3. The number of ether oxygens (including phenoxy) is 1. The van der Waals surface area contributed by atoms with Gasteiger partial charge in [0.25, 0.3) is 0 Å². The van der Waals surface area contributed by atoms with Gasteiger partial charge in [0, 0.05) is 12.3 Å². The second kappa shape index (κ2) is 5.18. The molecule has 96 valence electrons. The molecule has 0 spiro atoms. The van der Waals surface area contributed by atoms with Crippen LogP contribution in [0.4, 0.5) is 5.69 Å². The summed E-state index contributed by atoms with van der Waals surface area (Å²) in [4.78, 5) is 22.6. The van der Waals surface area contributed by atoms with Gasteiger partial charge in [-0.3, -0.25) is 4.79 Å². The molecular weight excluding hydrogens is 234 g/mol. The Morgan fingerprint density at radius 3 is 2.50 bits per heavy atom. The first-order valence-corrected chi connectivity index (χ1v) is 5.84. The molecular formula is C13H15NO4. The molecule has 0 radical (unpaired) electrons. The lowest BCUT2D eigenvalue weighted by atomic mass is 10.0. The molecule has 1 amide bonds. The number of carbonyl (C=O) groups is 2. The second-order valence-electron chi connectivity index (χ2n) is 4.34. The Labute approximate surface area is 105 Å². The van der Waals surface area contributed by atoms with Crippen LogP contribution in [0, 0.1) is 5.92 Å². The van der Waals surface area contributed by atoms with Crippen LogP contribution in [0.25, 0.3) is 0 Å². The number of aromatic carboxylic acids is 1. The minimum Gasteiger partial charge on any atom is -0.478 e. The number of carboxylic acid groups (broad SMARTS) is 1. The molecule has 5 nitrogen and oxygen atoms in total. The van der Waals surface area contributed by atoms with Gasteiger partial charge in [-0.15, -0.1) is 0 Å². The third kappa shape index (κ3) is 2.68. The van der Waals surface area contributed by atoms with Crippen molar-refractivity contribution in [3.05, 3.63) is 29.8 Å². The summed E-state index contributed by atoms with van der Waals surface area (Å²) in [6.45, 7) is 2.49. The highest BCUT2D eigenvalue weighted by molar-refractivity contribution is 5.94. The lowest BCUT2D eigenvalue weighted by molar-refractivity contribution is -0.121. The van der Waals surface area contributed by atoms with Crippen molar-refractivity contribution < 1.29 is 19.4 Å². The van der Waals surface area contributed by atoms with E-state index in [1.54, 1.807) is 12.1 Å². The molecule has 18 heavy (non-hydrogen) atoms. The lowest BCUT2D eigenvalue weighted by Crippen LogP contribution is -2.27. The molecule has 5 heteroatoms. The van der Waals surface area contributed by atoms with Crippen molar-refractivity contribution >= 4 is 17.6 Å². The van der Waals surface area contributed by atoms with Crippen molar-refractivity contribution in [1.82, 2.24) is 0 Å². The van der Waals surface area contributed by atoms with Gasteiger partial charge in [-0.2, -0.15) is 0 Å². The molecule has 2 atom stereocenters. The minimum atomic E-state index is -0.981. The van der Waals surface area contributed by atoms with E-state index in [0.717, 1.165) is 6.42 Å². The molecule has 0 bridgehead atoms. The van der Waals surface area contributed by atoms with Gasteiger partial charge in [-0.05, 0) is 37.6 Å².